The van der Waals surface area contributed by atoms with Crippen LogP contribution in [0.1, 0.15) is 19.3 Å². The summed E-state index contributed by atoms with van der Waals surface area (Å²) in [5.74, 6) is -0.0133. The van der Waals surface area contributed by atoms with E-state index in [1.54, 1.807) is 0 Å². The Kier molecular flexibility index (Phi) is 4.46. The molecule has 22 heavy (non-hydrogen) atoms. The number of amides is 1. The normalized spacial score (nSPS) is 30.3. The summed E-state index contributed by atoms with van der Waals surface area (Å²) in [6, 6.07) is -0.0356. The number of piperidine rings is 1. The average molecular weight is 332 g/mol. The summed E-state index contributed by atoms with van der Waals surface area (Å²) in [7, 11) is -1.08. The van der Waals surface area contributed by atoms with Gasteiger partial charge in [-0.2, -0.15) is 0 Å². The van der Waals surface area contributed by atoms with Gasteiger partial charge >= 0.3 is 0 Å². The topological polar surface area (TPSA) is 76.2 Å². The lowest BCUT2D eigenvalue weighted by Gasteiger charge is -2.38. The molecule has 0 aliphatic carbocycles. The third-order valence-electron chi connectivity index (χ3n) is 4.91. The quantitative estimate of drug-likeness (QED) is 0.692. The summed E-state index contributed by atoms with van der Waals surface area (Å²) < 4.78 is 34.4. The lowest BCUT2D eigenvalue weighted by molar-refractivity contribution is -0.187. The molecule has 1 amide bonds. The van der Waals surface area contributed by atoms with Crippen molar-refractivity contribution in [1.82, 2.24) is 9.80 Å². The Labute approximate surface area is 131 Å². The maximum atomic E-state index is 12.4. The highest BCUT2D eigenvalue weighted by atomic mass is 32.2. The van der Waals surface area contributed by atoms with Gasteiger partial charge in [0.15, 0.2) is 15.6 Å². The lowest BCUT2D eigenvalue weighted by atomic mass is 10.0. The van der Waals surface area contributed by atoms with Crippen LogP contribution in [-0.4, -0.2) is 87.4 Å². The van der Waals surface area contributed by atoms with Gasteiger partial charge in [-0.3, -0.25) is 9.69 Å². The molecule has 1 atom stereocenters. The maximum absolute atomic E-state index is 12.4. The van der Waals surface area contributed by atoms with E-state index in [4.69, 9.17) is 9.47 Å². The summed E-state index contributed by atoms with van der Waals surface area (Å²) in [4.78, 5) is 16.1. The molecular formula is C14H24N2O5S. The van der Waals surface area contributed by atoms with Crippen LogP contribution in [0.5, 0.6) is 0 Å². The van der Waals surface area contributed by atoms with Gasteiger partial charge in [0.1, 0.15) is 0 Å². The van der Waals surface area contributed by atoms with Crippen molar-refractivity contribution in [3.05, 3.63) is 0 Å². The van der Waals surface area contributed by atoms with E-state index in [1.807, 2.05) is 16.8 Å². The minimum absolute atomic E-state index is 0.0356. The molecule has 3 saturated heterocycles. The van der Waals surface area contributed by atoms with Crippen LogP contribution in [0.15, 0.2) is 0 Å². The number of likely N-dealkylation sites (N-methyl/N-ethyl adjacent to an activating group) is 1. The van der Waals surface area contributed by atoms with Crippen LogP contribution in [-0.2, 0) is 24.1 Å². The van der Waals surface area contributed by atoms with E-state index in [0.29, 0.717) is 45.6 Å². The third kappa shape index (κ3) is 3.45. The number of nitrogens with zero attached hydrogens (tertiary/aromatic N) is 2. The number of hydrogen-bond acceptors (Lipinski definition) is 6. The van der Waals surface area contributed by atoms with Crippen molar-refractivity contribution in [2.75, 3.05) is 51.4 Å². The van der Waals surface area contributed by atoms with Crippen molar-refractivity contribution in [3.8, 4) is 0 Å². The molecular weight excluding hydrogens is 308 g/mol. The second kappa shape index (κ2) is 6.07. The molecule has 1 spiro atoms. The van der Waals surface area contributed by atoms with E-state index in [2.05, 4.69) is 0 Å². The van der Waals surface area contributed by atoms with E-state index in [9.17, 15) is 13.2 Å². The van der Waals surface area contributed by atoms with Gasteiger partial charge in [-0.25, -0.2) is 8.42 Å². The van der Waals surface area contributed by atoms with Gasteiger partial charge in [0.25, 0.3) is 0 Å². The first-order chi connectivity index (χ1) is 10.4. The third-order valence-corrected chi connectivity index (χ3v) is 6.66. The predicted octanol–water partition coefficient (Wildman–Crippen LogP) is -0.529. The number of carbonyl (C=O) groups excluding carboxylic acids is 1. The van der Waals surface area contributed by atoms with Gasteiger partial charge in [0.2, 0.25) is 5.91 Å². The van der Waals surface area contributed by atoms with E-state index >= 15 is 0 Å². The van der Waals surface area contributed by atoms with E-state index in [0.717, 1.165) is 0 Å². The van der Waals surface area contributed by atoms with Gasteiger partial charge in [0, 0.05) is 32.0 Å². The summed E-state index contributed by atoms with van der Waals surface area (Å²) in [6.45, 7) is 2.81. The molecule has 0 aromatic rings. The zero-order valence-corrected chi connectivity index (χ0v) is 13.8. The lowest BCUT2D eigenvalue weighted by Crippen LogP contribution is -2.50. The molecule has 7 nitrogen and oxygen atoms in total. The number of rotatable bonds is 3. The summed E-state index contributed by atoms with van der Waals surface area (Å²) in [5, 5.41) is 0. The molecule has 0 N–H and O–H groups in total. The van der Waals surface area contributed by atoms with Gasteiger partial charge in [-0.05, 0) is 13.5 Å². The van der Waals surface area contributed by atoms with Crippen LogP contribution in [0.25, 0.3) is 0 Å². The maximum Gasteiger partial charge on any atom is 0.236 e. The van der Waals surface area contributed by atoms with Gasteiger partial charge < -0.3 is 14.4 Å². The minimum atomic E-state index is -2.92. The van der Waals surface area contributed by atoms with Crippen LogP contribution >= 0.6 is 0 Å². The largest absolute Gasteiger partial charge is 0.347 e. The van der Waals surface area contributed by atoms with Crippen LogP contribution < -0.4 is 0 Å². The molecule has 0 aromatic carbocycles. The Hall–Kier alpha value is -0.700. The number of likely N-dealkylation sites (tertiary alicyclic amines) is 1. The van der Waals surface area contributed by atoms with Crippen molar-refractivity contribution in [2.24, 2.45) is 0 Å². The molecule has 0 bridgehead atoms. The Morgan fingerprint density at radius 3 is 2.45 bits per heavy atom. The molecule has 0 aromatic heterocycles. The fourth-order valence-electron chi connectivity index (χ4n) is 3.45. The van der Waals surface area contributed by atoms with Crippen molar-refractivity contribution >= 4 is 15.7 Å². The minimum Gasteiger partial charge on any atom is -0.347 e. The molecule has 3 heterocycles. The first kappa shape index (κ1) is 16.2. The van der Waals surface area contributed by atoms with Crippen molar-refractivity contribution < 1.29 is 22.7 Å². The molecule has 8 heteroatoms. The van der Waals surface area contributed by atoms with Crippen molar-refractivity contribution in [1.29, 1.82) is 0 Å². The molecule has 3 aliphatic heterocycles. The SMILES string of the molecule is CN(CC(=O)N1CCC2(CC1)OCCO2)C1CCS(=O)(=O)C1. The zero-order valence-electron chi connectivity index (χ0n) is 13.0. The van der Waals surface area contributed by atoms with Crippen LogP contribution in [0.3, 0.4) is 0 Å². The Bertz CT molecular complexity index is 519. The molecule has 1 unspecified atom stereocenters. The van der Waals surface area contributed by atoms with Gasteiger partial charge in [-0.15, -0.1) is 0 Å². The zero-order chi connectivity index (χ0) is 15.8. The number of hydrogen-bond donors (Lipinski definition) is 0. The molecule has 3 rings (SSSR count). The molecule has 3 fully saturated rings. The fourth-order valence-corrected chi connectivity index (χ4v) is 5.25. The van der Waals surface area contributed by atoms with Gasteiger partial charge in [0.05, 0.1) is 31.3 Å². The smallest absolute Gasteiger partial charge is 0.236 e. The van der Waals surface area contributed by atoms with E-state index < -0.39 is 15.6 Å². The average Bonchev–Trinajstić information content (AvgIpc) is 3.06. The standard InChI is InChI=1S/C14H24N2O5S/c1-15(12-2-9-22(18,19)11-12)10-13(17)16-5-3-14(4-6-16)20-7-8-21-14/h12H,2-11H2,1H3. The fraction of sp³-hybridized carbons (Fsp3) is 0.929. The summed E-state index contributed by atoms with van der Waals surface area (Å²) >= 11 is 0. The van der Waals surface area contributed by atoms with E-state index in [1.165, 1.54) is 0 Å². The second-order valence-corrected chi connectivity index (χ2v) is 8.69. The molecule has 0 saturated carbocycles. The number of carbonyl (C=O) groups is 1. The van der Waals surface area contributed by atoms with E-state index in [-0.39, 0.29) is 30.0 Å². The van der Waals surface area contributed by atoms with Crippen LogP contribution in [0, 0.1) is 0 Å². The first-order valence-electron chi connectivity index (χ1n) is 7.86. The highest BCUT2D eigenvalue weighted by Gasteiger charge is 2.41. The first-order valence-corrected chi connectivity index (χ1v) is 9.68. The summed E-state index contributed by atoms with van der Waals surface area (Å²) in [5.41, 5.74) is 0. The molecule has 126 valence electrons. The van der Waals surface area contributed by atoms with Crippen LogP contribution in [0.2, 0.25) is 0 Å². The number of sulfone groups is 1. The van der Waals surface area contributed by atoms with Crippen molar-refractivity contribution in [3.63, 3.8) is 0 Å². The predicted molar refractivity (Wildman–Crippen MR) is 80.1 cm³/mol. The molecule has 3 aliphatic rings. The summed E-state index contributed by atoms with van der Waals surface area (Å²) in [6.07, 6.45) is 2.04. The highest BCUT2D eigenvalue weighted by molar-refractivity contribution is 7.91. The Morgan fingerprint density at radius 1 is 1.27 bits per heavy atom. The van der Waals surface area contributed by atoms with Gasteiger partial charge in [-0.1, -0.05) is 0 Å². The Morgan fingerprint density at radius 2 is 1.91 bits per heavy atom. The highest BCUT2D eigenvalue weighted by Crippen LogP contribution is 2.31. The number of ether oxygens (including phenoxy) is 2. The second-order valence-electron chi connectivity index (χ2n) is 6.46. The monoisotopic (exact) mass is 332 g/mol. The Balaban J connectivity index is 1.48. The molecule has 0 radical (unpaired) electrons. The van der Waals surface area contributed by atoms with Crippen molar-refractivity contribution in [2.45, 2.75) is 31.1 Å². The van der Waals surface area contributed by atoms with Crippen LogP contribution in [0.4, 0.5) is 0 Å².